The zero-order chi connectivity index (χ0) is 7.98. The van der Waals surface area contributed by atoms with Crippen molar-refractivity contribution < 1.29 is 4.84 Å². The largest absolute Gasteiger partial charge is 0.255 e. The zero-order valence-electron chi connectivity index (χ0n) is 6.37. The average Bonchev–Trinajstić information content (AvgIpc) is 1.91. The number of rotatable bonds is 4. The van der Waals surface area contributed by atoms with Gasteiger partial charge < -0.3 is 0 Å². The van der Waals surface area contributed by atoms with E-state index in [-0.39, 0.29) is 0 Å². The fourth-order valence-electron chi connectivity index (χ4n) is 0.522. The topological polar surface area (TPSA) is 24.8 Å². The highest BCUT2D eigenvalue weighted by Gasteiger charge is 1.96. The van der Waals surface area contributed by atoms with Crippen molar-refractivity contribution in [3.05, 3.63) is 24.4 Å². The summed E-state index contributed by atoms with van der Waals surface area (Å²) >= 11 is 0. The molecule has 10 heavy (non-hydrogen) atoms. The van der Waals surface area contributed by atoms with Gasteiger partial charge in [-0.15, -0.1) is 5.17 Å². The molecule has 0 radical (unpaired) electrons. The standard InChI is InChI=1S/C7H12N2O/c1-5-6-7(2)9(8-3)10-4/h5-6H,2-3H2,1,4H3/b6-5-. The number of allylic oxidation sites excluding steroid dienone is 2. The molecular weight excluding hydrogens is 128 g/mol. The second-order valence-electron chi connectivity index (χ2n) is 1.59. The van der Waals surface area contributed by atoms with Crippen LogP contribution in [-0.2, 0) is 4.84 Å². The second-order valence-corrected chi connectivity index (χ2v) is 1.59. The molecule has 0 aromatic rings. The van der Waals surface area contributed by atoms with Gasteiger partial charge in [-0.05, 0) is 13.0 Å². The van der Waals surface area contributed by atoms with Gasteiger partial charge in [0.1, 0.15) is 0 Å². The summed E-state index contributed by atoms with van der Waals surface area (Å²) in [6, 6.07) is 0. The molecule has 0 aliphatic rings. The van der Waals surface area contributed by atoms with E-state index in [1.165, 1.54) is 12.3 Å². The van der Waals surface area contributed by atoms with Crippen molar-refractivity contribution in [2.24, 2.45) is 5.10 Å². The van der Waals surface area contributed by atoms with E-state index >= 15 is 0 Å². The Kier molecular flexibility index (Phi) is 4.24. The van der Waals surface area contributed by atoms with Gasteiger partial charge in [0.05, 0.1) is 12.8 Å². The maximum absolute atomic E-state index is 4.77. The number of hydrogen-bond donors (Lipinski definition) is 0. The van der Waals surface area contributed by atoms with Crippen molar-refractivity contribution in [2.75, 3.05) is 7.11 Å². The van der Waals surface area contributed by atoms with Crippen LogP contribution in [0.2, 0.25) is 0 Å². The summed E-state index contributed by atoms with van der Waals surface area (Å²) in [4.78, 5) is 4.77. The minimum absolute atomic E-state index is 0.653. The van der Waals surface area contributed by atoms with Crippen molar-refractivity contribution in [3.8, 4) is 0 Å². The third-order valence-electron chi connectivity index (χ3n) is 0.906. The van der Waals surface area contributed by atoms with Crippen molar-refractivity contribution in [1.82, 2.24) is 5.17 Å². The van der Waals surface area contributed by atoms with Crippen LogP contribution in [0.5, 0.6) is 0 Å². The predicted molar refractivity (Wildman–Crippen MR) is 42.4 cm³/mol. The Hall–Kier alpha value is -1.09. The van der Waals surface area contributed by atoms with E-state index in [1.807, 2.05) is 13.0 Å². The van der Waals surface area contributed by atoms with Gasteiger partial charge in [-0.1, -0.05) is 12.7 Å². The number of hydrazone groups is 1. The van der Waals surface area contributed by atoms with Gasteiger partial charge in [-0.3, -0.25) is 4.84 Å². The van der Waals surface area contributed by atoms with Crippen LogP contribution in [0.15, 0.2) is 29.5 Å². The minimum atomic E-state index is 0.653. The molecule has 0 aliphatic carbocycles. The molecule has 0 heterocycles. The van der Waals surface area contributed by atoms with Gasteiger partial charge in [-0.25, -0.2) is 0 Å². The Morgan fingerprint density at radius 3 is 2.60 bits per heavy atom. The molecule has 56 valence electrons. The molecule has 0 bridgehead atoms. The molecule has 0 aromatic carbocycles. The molecule has 0 amide bonds. The van der Waals surface area contributed by atoms with Crippen LogP contribution in [0.25, 0.3) is 0 Å². The maximum atomic E-state index is 4.77. The highest BCUT2D eigenvalue weighted by molar-refractivity contribution is 5.24. The van der Waals surface area contributed by atoms with E-state index < -0.39 is 0 Å². The van der Waals surface area contributed by atoms with Gasteiger partial charge >= 0.3 is 0 Å². The number of hydrogen-bond acceptors (Lipinski definition) is 3. The molecule has 3 heteroatoms. The van der Waals surface area contributed by atoms with E-state index in [1.54, 1.807) is 6.08 Å². The number of nitrogens with zero attached hydrogens (tertiary/aromatic N) is 2. The van der Waals surface area contributed by atoms with E-state index in [4.69, 9.17) is 4.84 Å². The molecule has 0 saturated heterocycles. The first kappa shape index (κ1) is 8.91. The molecule has 0 unspecified atom stereocenters. The van der Waals surface area contributed by atoms with E-state index in [2.05, 4.69) is 18.4 Å². The molecule has 0 atom stereocenters. The predicted octanol–water partition coefficient (Wildman–Crippen LogP) is 1.56. The Morgan fingerprint density at radius 2 is 2.30 bits per heavy atom. The SMILES string of the molecule is C=NN(OC)C(=C)/C=C\C. The first-order chi connectivity index (χ1) is 4.76. The van der Waals surface area contributed by atoms with E-state index in [0.717, 1.165) is 0 Å². The molecular formula is C7H12N2O. The van der Waals surface area contributed by atoms with Crippen LogP contribution in [0.3, 0.4) is 0 Å². The van der Waals surface area contributed by atoms with Crippen LogP contribution >= 0.6 is 0 Å². The maximum Gasteiger partial charge on any atom is 0.0826 e. The summed E-state index contributed by atoms with van der Waals surface area (Å²) in [5, 5.41) is 4.77. The lowest BCUT2D eigenvalue weighted by atomic mass is 10.4. The summed E-state index contributed by atoms with van der Waals surface area (Å²) in [7, 11) is 1.50. The second kappa shape index (κ2) is 4.76. The molecule has 0 N–H and O–H groups in total. The first-order valence-corrected chi connectivity index (χ1v) is 2.88. The van der Waals surface area contributed by atoms with Crippen LogP contribution < -0.4 is 0 Å². The average molecular weight is 140 g/mol. The molecule has 0 fully saturated rings. The van der Waals surface area contributed by atoms with E-state index in [9.17, 15) is 0 Å². The van der Waals surface area contributed by atoms with E-state index in [0.29, 0.717) is 5.70 Å². The number of hydroxylamine groups is 1. The molecule has 0 aromatic heterocycles. The summed E-state index contributed by atoms with van der Waals surface area (Å²) in [6.07, 6.45) is 3.62. The van der Waals surface area contributed by atoms with Crippen LogP contribution in [0.4, 0.5) is 0 Å². The lowest BCUT2D eigenvalue weighted by Gasteiger charge is -2.13. The molecule has 0 rings (SSSR count). The monoisotopic (exact) mass is 140 g/mol. The van der Waals surface area contributed by atoms with Gasteiger partial charge in [0.2, 0.25) is 0 Å². The Bertz CT molecular complexity index is 152. The first-order valence-electron chi connectivity index (χ1n) is 2.88. The Balaban J connectivity index is 4.01. The third kappa shape index (κ3) is 2.46. The van der Waals surface area contributed by atoms with Gasteiger partial charge in [0.15, 0.2) is 0 Å². The highest BCUT2D eigenvalue weighted by atomic mass is 16.7. The lowest BCUT2D eigenvalue weighted by molar-refractivity contribution is -0.0940. The van der Waals surface area contributed by atoms with Crippen molar-refractivity contribution in [2.45, 2.75) is 6.92 Å². The normalized spacial score (nSPS) is 9.80. The highest BCUT2D eigenvalue weighted by Crippen LogP contribution is 2.02. The van der Waals surface area contributed by atoms with Crippen LogP contribution in [0, 0.1) is 0 Å². The summed E-state index contributed by atoms with van der Waals surface area (Å²) < 4.78 is 0. The summed E-state index contributed by atoms with van der Waals surface area (Å²) in [5.74, 6) is 0. The fraction of sp³-hybridized carbons (Fsp3) is 0.286. The van der Waals surface area contributed by atoms with Gasteiger partial charge in [0.25, 0.3) is 0 Å². The fourth-order valence-corrected chi connectivity index (χ4v) is 0.522. The Morgan fingerprint density at radius 1 is 1.70 bits per heavy atom. The smallest absolute Gasteiger partial charge is 0.0826 e. The van der Waals surface area contributed by atoms with Crippen LogP contribution in [-0.4, -0.2) is 19.0 Å². The molecule has 0 spiro atoms. The van der Waals surface area contributed by atoms with Crippen molar-refractivity contribution in [1.29, 1.82) is 0 Å². The molecule has 0 saturated carbocycles. The zero-order valence-corrected chi connectivity index (χ0v) is 6.37. The molecule has 3 nitrogen and oxygen atoms in total. The van der Waals surface area contributed by atoms with Crippen molar-refractivity contribution in [3.63, 3.8) is 0 Å². The van der Waals surface area contributed by atoms with Crippen LogP contribution in [0.1, 0.15) is 6.92 Å². The quantitative estimate of drug-likeness (QED) is 0.336. The van der Waals surface area contributed by atoms with Gasteiger partial charge in [-0.2, -0.15) is 5.10 Å². The van der Waals surface area contributed by atoms with Crippen molar-refractivity contribution >= 4 is 6.72 Å². The Labute approximate surface area is 61.2 Å². The summed E-state index contributed by atoms with van der Waals surface area (Å²) in [5.41, 5.74) is 0.653. The van der Waals surface area contributed by atoms with Gasteiger partial charge in [0, 0.05) is 6.72 Å². The minimum Gasteiger partial charge on any atom is -0.255 e. The molecule has 0 aliphatic heterocycles. The lowest BCUT2D eigenvalue weighted by Crippen LogP contribution is -2.11. The summed E-state index contributed by atoms with van der Waals surface area (Å²) in [6.45, 7) is 8.85. The third-order valence-corrected chi connectivity index (χ3v) is 0.906.